The van der Waals surface area contributed by atoms with Gasteiger partial charge in [-0.2, -0.15) is 0 Å². The third-order valence-electron chi connectivity index (χ3n) is 1.66. The molecule has 0 saturated carbocycles. The summed E-state index contributed by atoms with van der Waals surface area (Å²) in [5.74, 6) is -0.701. The molecule has 0 fully saturated rings. The summed E-state index contributed by atoms with van der Waals surface area (Å²) >= 11 is 0. The van der Waals surface area contributed by atoms with E-state index in [0.29, 0.717) is 0 Å². The SMILES string of the molecule is COc1cc([N+](=O)[O-])cc(OC)c1[O-].[K+]. The molecule has 0 heterocycles. The number of nitro groups is 1. The molecule has 6 nitrogen and oxygen atoms in total. The molecule has 7 heteroatoms. The molecule has 0 amide bonds. The molecule has 0 aliphatic carbocycles. The Bertz CT molecular complexity index is 343. The van der Waals surface area contributed by atoms with Crippen molar-refractivity contribution < 1.29 is 70.9 Å². The molecule has 0 N–H and O–H groups in total. The van der Waals surface area contributed by atoms with Crippen LogP contribution in [0.4, 0.5) is 5.69 Å². The van der Waals surface area contributed by atoms with Crippen molar-refractivity contribution in [1.82, 2.24) is 0 Å². The van der Waals surface area contributed by atoms with Crippen molar-refractivity contribution in [2.24, 2.45) is 0 Å². The van der Waals surface area contributed by atoms with E-state index in [9.17, 15) is 15.2 Å². The normalized spacial score (nSPS) is 8.93. The minimum atomic E-state index is -0.621. The minimum absolute atomic E-state index is 0. The summed E-state index contributed by atoms with van der Waals surface area (Å²) in [7, 11) is 2.53. The van der Waals surface area contributed by atoms with Crippen LogP contribution < -0.4 is 66.0 Å². The van der Waals surface area contributed by atoms with Crippen LogP contribution in [0.1, 0.15) is 0 Å². The maximum absolute atomic E-state index is 11.3. The Morgan fingerprint density at radius 2 is 1.60 bits per heavy atom. The van der Waals surface area contributed by atoms with Gasteiger partial charge in [-0.15, -0.1) is 0 Å². The van der Waals surface area contributed by atoms with Gasteiger partial charge < -0.3 is 14.6 Å². The Morgan fingerprint density at radius 3 is 1.87 bits per heavy atom. The van der Waals surface area contributed by atoms with Gasteiger partial charge in [0, 0.05) is 0 Å². The molecule has 0 aliphatic rings. The molecule has 1 rings (SSSR count). The van der Waals surface area contributed by atoms with Gasteiger partial charge in [0.1, 0.15) is 11.5 Å². The van der Waals surface area contributed by atoms with Crippen molar-refractivity contribution in [1.29, 1.82) is 0 Å². The van der Waals surface area contributed by atoms with E-state index in [2.05, 4.69) is 9.47 Å². The molecule has 0 aliphatic heterocycles. The van der Waals surface area contributed by atoms with Crippen molar-refractivity contribution in [3.8, 4) is 17.2 Å². The van der Waals surface area contributed by atoms with E-state index in [1.807, 2.05) is 0 Å². The quantitative estimate of drug-likeness (QED) is 0.335. The number of rotatable bonds is 3. The zero-order valence-electron chi connectivity index (χ0n) is 8.64. The van der Waals surface area contributed by atoms with Crippen molar-refractivity contribution in [3.63, 3.8) is 0 Å². The van der Waals surface area contributed by atoms with Gasteiger partial charge in [0.15, 0.2) is 0 Å². The summed E-state index contributed by atoms with van der Waals surface area (Å²) in [4.78, 5) is 9.82. The Labute approximate surface area is 129 Å². The van der Waals surface area contributed by atoms with Crippen LogP contribution in [-0.2, 0) is 0 Å². The minimum Gasteiger partial charge on any atom is -0.867 e. The number of hydrogen-bond acceptors (Lipinski definition) is 5. The Morgan fingerprint density at radius 1 is 1.20 bits per heavy atom. The maximum Gasteiger partial charge on any atom is 1.00 e. The first-order chi connectivity index (χ1) is 6.60. The average molecular weight is 237 g/mol. The van der Waals surface area contributed by atoms with Crippen LogP contribution in [0.5, 0.6) is 17.2 Å². The summed E-state index contributed by atoms with van der Waals surface area (Å²) in [6, 6.07) is 2.12. The number of ether oxygens (including phenoxy) is 2. The predicted octanol–water partition coefficient (Wildman–Crippen LogP) is -2.31. The number of non-ortho nitro benzene ring substituents is 1. The van der Waals surface area contributed by atoms with E-state index < -0.39 is 10.7 Å². The van der Waals surface area contributed by atoms with Crippen molar-refractivity contribution >= 4 is 5.69 Å². The third kappa shape index (κ3) is 3.32. The first-order valence-electron chi connectivity index (χ1n) is 3.67. The van der Waals surface area contributed by atoms with Gasteiger partial charge in [-0.25, -0.2) is 0 Å². The largest absolute Gasteiger partial charge is 1.00 e. The van der Waals surface area contributed by atoms with Gasteiger partial charge in [0.2, 0.25) is 0 Å². The molecule has 0 spiro atoms. The number of methoxy groups -OCH3 is 2. The first kappa shape index (κ1) is 14.7. The zero-order valence-corrected chi connectivity index (χ0v) is 11.8. The van der Waals surface area contributed by atoms with E-state index >= 15 is 0 Å². The standard InChI is InChI=1S/C8H9NO5.K/c1-13-6-3-5(9(11)12)4-7(14-2)8(6)10;/h3-4,10H,1-2H3;/q;+1/p-1. The monoisotopic (exact) mass is 237 g/mol. The van der Waals surface area contributed by atoms with E-state index in [1.54, 1.807) is 0 Å². The van der Waals surface area contributed by atoms with Crippen molar-refractivity contribution in [2.75, 3.05) is 14.2 Å². The van der Waals surface area contributed by atoms with E-state index in [4.69, 9.17) is 0 Å². The van der Waals surface area contributed by atoms with Crippen LogP contribution in [-0.4, -0.2) is 19.1 Å². The van der Waals surface area contributed by atoms with Crippen LogP contribution in [0.15, 0.2) is 12.1 Å². The van der Waals surface area contributed by atoms with Gasteiger partial charge >= 0.3 is 51.4 Å². The number of nitrogens with zero attached hydrogens (tertiary/aromatic N) is 1. The molecular formula is C8H8KNO5. The predicted molar refractivity (Wildman–Crippen MR) is 45.6 cm³/mol. The second kappa shape index (κ2) is 6.28. The number of benzene rings is 1. The fourth-order valence-electron chi connectivity index (χ4n) is 0.971. The molecule has 0 aromatic heterocycles. The Kier molecular flexibility index (Phi) is 6.14. The summed E-state index contributed by atoms with van der Waals surface area (Å²) in [5.41, 5.74) is -0.238. The number of nitro benzene ring substituents is 1. The summed E-state index contributed by atoms with van der Waals surface area (Å²) in [6.07, 6.45) is 0. The molecule has 0 unspecified atom stereocenters. The maximum atomic E-state index is 11.3. The van der Waals surface area contributed by atoms with Crippen molar-refractivity contribution in [2.45, 2.75) is 0 Å². The van der Waals surface area contributed by atoms with Gasteiger partial charge in [0.25, 0.3) is 5.69 Å². The topological polar surface area (TPSA) is 84.7 Å². The molecule has 0 saturated heterocycles. The second-order valence-corrected chi connectivity index (χ2v) is 2.44. The van der Waals surface area contributed by atoms with Gasteiger partial charge in [0.05, 0.1) is 31.3 Å². The molecule has 0 radical (unpaired) electrons. The molecule has 0 bridgehead atoms. The smallest absolute Gasteiger partial charge is 0.867 e. The Hall–Kier alpha value is -0.344. The third-order valence-corrected chi connectivity index (χ3v) is 1.66. The van der Waals surface area contributed by atoms with Gasteiger partial charge in [-0.1, -0.05) is 0 Å². The zero-order chi connectivity index (χ0) is 10.7. The average Bonchev–Trinajstić information content (AvgIpc) is 2.17. The molecule has 76 valence electrons. The van der Waals surface area contributed by atoms with Crippen molar-refractivity contribution in [3.05, 3.63) is 22.2 Å². The van der Waals surface area contributed by atoms with Crippen LogP contribution >= 0.6 is 0 Å². The summed E-state index contributed by atoms with van der Waals surface area (Å²) in [5, 5.41) is 21.8. The van der Waals surface area contributed by atoms with E-state index in [1.165, 1.54) is 14.2 Å². The molecule has 0 atom stereocenters. The summed E-state index contributed by atoms with van der Waals surface area (Å²) < 4.78 is 9.36. The summed E-state index contributed by atoms with van der Waals surface area (Å²) in [6.45, 7) is 0. The fraction of sp³-hybridized carbons (Fsp3) is 0.250. The first-order valence-corrected chi connectivity index (χ1v) is 3.67. The molecular weight excluding hydrogens is 229 g/mol. The van der Waals surface area contributed by atoms with Gasteiger partial charge in [-0.3, -0.25) is 10.1 Å². The molecule has 1 aromatic carbocycles. The Balaban J connectivity index is 0.00000196. The fourth-order valence-corrected chi connectivity index (χ4v) is 0.971. The van der Waals surface area contributed by atoms with E-state index in [-0.39, 0.29) is 68.6 Å². The van der Waals surface area contributed by atoms with Crippen LogP contribution in [0.3, 0.4) is 0 Å². The molecule has 1 aromatic rings. The van der Waals surface area contributed by atoms with Gasteiger partial charge in [-0.05, 0) is 5.75 Å². The molecule has 15 heavy (non-hydrogen) atoms. The van der Waals surface area contributed by atoms with Crippen LogP contribution in [0, 0.1) is 10.1 Å². The number of hydrogen-bond donors (Lipinski definition) is 0. The second-order valence-electron chi connectivity index (χ2n) is 2.44. The van der Waals surface area contributed by atoms with Crippen LogP contribution in [0.2, 0.25) is 0 Å². The van der Waals surface area contributed by atoms with Crippen LogP contribution in [0.25, 0.3) is 0 Å². The van der Waals surface area contributed by atoms with E-state index in [0.717, 1.165) is 12.1 Å².